The van der Waals surface area contributed by atoms with Crippen molar-refractivity contribution in [2.24, 2.45) is 5.73 Å². The van der Waals surface area contributed by atoms with Gasteiger partial charge in [0.25, 0.3) is 0 Å². The van der Waals surface area contributed by atoms with E-state index in [-0.39, 0.29) is 23.8 Å². The van der Waals surface area contributed by atoms with E-state index < -0.39 is 6.04 Å². The molecule has 0 saturated carbocycles. The highest BCUT2D eigenvalue weighted by Gasteiger charge is 2.37. The molecule has 12 heteroatoms. The molecule has 1 heterocycles. The minimum absolute atomic E-state index is 0.0294. The van der Waals surface area contributed by atoms with Gasteiger partial charge in [-0.1, -0.05) is 55.4 Å². The first kappa shape index (κ1) is 52.0. The number of hydrogen-bond acceptors (Lipinski definition) is 11. The Bertz CT molecular complexity index is 571. The van der Waals surface area contributed by atoms with Gasteiger partial charge >= 0.3 is 0 Å². The molecule has 0 aromatic rings. The number of nitrogens with one attached hydrogen (secondary N) is 1. The number of amides is 1. The van der Waals surface area contributed by atoms with Crippen LogP contribution in [0.3, 0.4) is 0 Å². The Morgan fingerprint density at radius 3 is 1.43 bits per heavy atom. The number of nitrogens with two attached hydrogens (primary N) is 1. The van der Waals surface area contributed by atoms with Gasteiger partial charge in [-0.3, -0.25) is 9.59 Å². The molecular weight excluding hydrogens is 570 g/mol. The Labute approximate surface area is 270 Å². The van der Waals surface area contributed by atoms with Crippen molar-refractivity contribution < 1.29 is 42.8 Å². The Morgan fingerprint density at radius 1 is 0.773 bits per heavy atom. The largest absolute Gasteiger partial charge is 0.382 e. The molecule has 0 bridgehead atoms. The molecule has 1 aliphatic heterocycles. The van der Waals surface area contributed by atoms with E-state index in [0.717, 1.165) is 6.29 Å². The van der Waals surface area contributed by atoms with E-state index in [4.69, 9.17) is 34.2 Å². The molecule has 3 unspecified atom stereocenters. The van der Waals surface area contributed by atoms with Gasteiger partial charge in [0, 0.05) is 26.1 Å². The third kappa shape index (κ3) is 35.0. The lowest BCUT2D eigenvalue weighted by atomic mass is 10.1. The van der Waals surface area contributed by atoms with Crippen molar-refractivity contribution in [2.45, 2.75) is 100 Å². The minimum atomic E-state index is -0.539. The SMILES string of the molecule is CC.CC.CC.CC.CNC1CC(C(C)=O)N(C(=O)C(C)N)C1.COCCOCCOCCOCCOCCOCCC=O. The fourth-order valence-corrected chi connectivity index (χ4v) is 3.19. The lowest BCUT2D eigenvalue weighted by molar-refractivity contribution is -0.137. The highest BCUT2D eigenvalue weighted by molar-refractivity contribution is 5.90. The van der Waals surface area contributed by atoms with E-state index in [1.165, 1.54) is 6.92 Å². The number of rotatable bonds is 21. The Kier molecular flexibility index (Phi) is 54.3. The highest BCUT2D eigenvalue weighted by Crippen LogP contribution is 2.19. The van der Waals surface area contributed by atoms with Crippen molar-refractivity contribution in [2.75, 3.05) is 93.4 Å². The predicted octanol–water partition coefficient (Wildman–Crippen LogP) is 3.52. The number of Topliss-reactive ketones (excluding diaryl/α,β-unsaturated/α-hetero) is 1. The zero-order valence-corrected chi connectivity index (χ0v) is 30.4. The summed E-state index contributed by atoms with van der Waals surface area (Å²) in [6, 6.07) is -0.648. The van der Waals surface area contributed by atoms with Crippen LogP contribution in [0.1, 0.15) is 82.1 Å². The second-order valence-electron chi connectivity index (χ2n) is 8.14. The van der Waals surface area contributed by atoms with E-state index in [1.54, 1.807) is 18.9 Å². The smallest absolute Gasteiger partial charge is 0.239 e. The van der Waals surface area contributed by atoms with Crippen LogP contribution in [0.25, 0.3) is 0 Å². The van der Waals surface area contributed by atoms with Crippen LogP contribution in [0, 0.1) is 0 Å². The lowest BCUT2D eigenvalue weighted by Gasteiger charge is -2.24. The normalized spacial score (nSPS) is 15.2. The molecule has 1 saturated heterocycles. The minimum Gasteiger partial charge on any atom is -0.382 e. The maximum atomic E-state index is 11.7. The molecule has 0 aliphatic carbocycles. The Hall–Kier alpha value is -1.51. The van der Waals surface area contributed by atoms with Crippen LogP contribution in [-0.2, 0) is 42.8 Å². The quantitative estimate of drug-likeness (QED) is 0.140. The van der Waals surface area contributed by atoms with Crippen LogP contribution in [0.15, 0.2) is 0 Å². The molecule has 268 valence electrons. The summed E-state index contributed by atoms with van der Waals surface area (Å²) in [5, 5.41) is 3.09. The summed E-state index contributed by atoms with van der Waals surface area (Å²) in [4.78, 5) is 34.7. The third-order valence-corrected chi connectivity index (χ3v) is 5.15. The highest BCUT2D eigenvalue weighted by atomic mass is 16.6. The summed E-state index contributed by atoms with van der Waals surface area (Å²) in [7, 11) is 3.48. The zero-order chi connectivity index (χ0) is 35.0. The second kappa shape index (κ2) is 45.9. The summed E-state index contributed by atoms with van der Waals surface area (Å²) in [5.74, 6) is -0.116. The summed E-state index contributed by atoms with van der Waals surface area (Å²) in [6.07, 6.45) is 1.95. The van der Waals surface area contributed by atoms with Gasteiger partial charge in [-0.2, -0.15) is 0 Å². The number of likely N-dealkylation sites (N-methyl/N-ethyl adjacent to an activating group) is 1. The van der Waals surface area contributed by atoms with Crippen molar-refractivity contribution in [1.82, 2.24) is 10.2 Å². The number of methoxy groups -OCH3 is 1. The number of carbonyl (C=O) groups excluding carboxylic acids is 3. The number of ether oxygens (including phenoxy) is 6. The molecule has 1 amide bonds. The van der Waals surface area contributed by atoms with E-state index in [1.807, 2.05) is 62.4 Å². The predicted molar refractivity (Wildman–Crippen MR) is 179 cm³/mol. The van der Waals surface area contributed by atoms with Gasteiger partial charge < -0.3 is 49.2 Å². The van der Waals surface area contributed by atoms with Crippen molar-refractivity contribution in [3.63, 3.8) is 0 Å². The summed E-state index contributed by atoms with van der Waals surface area (Å²) in [5.41, 5.74) is 5.54. The van der Waals surface area contributed by atoms with Crippen LogP contribution < -0.4 is 11.1 Å². The van der Waals surface area contributed by atoms with Crippen molar-refractivity contribution >= 4 is 18.0 Å². The van der Waals surface area contributed by atoms with Crippen LogP contribution in [-0.4, -0.2) is 134 Å². The molecule has 0 radical (unpaired) electrons. The molecule has 12 nitrogen and oxygen atoms in total. The summed E-state index contributed by atoms with van der Waals surface area (Å²) < 4.78 is 31.2. The third-order valence-electron chi connectivity index (χ3n) is 5.15. The molecule has 3 N–H and O–H groups in total. The maximum Gasteiger partial charge on any atom is 0.239 e. The maximum absolute atomic E-state index is 11.7. The van der Waals surface area contributed by atoms with E-state index in [9.17, 15) is 14.4 Å². The molecule has 44 heavy (non-hydrogen) atoms. The molecule has 0 aromatic carbocycles. The van der Waals surface area contributed by atoms with Gasteiger partial charge in [-0.15, -0.1) is 0 Å². The van der Waals surface area contributed by atoms with Crippen LogP contribution in [0.4, 0.5) is 0 Å². The molecule has 0 spiro atoms. The second-order valence-corrected chi connectivity index (χ2v) is 8.14. The molecular formula is C32H71N3O9. The van der Waals surface area contributed by atoms with Gasteiger partial charge in [0.1, 0.15) is 6.29 Å². The molecule has 1 rings (SSSR count). The van der Waals surface area contributed by atoms with Gasteiger partial charge in [0.2, 0.25) is 5.91 Å². The van der Waals surface area contributed by atoms with Crippen LogP contribution >= 0.6 is 0 Å². The lowest BCUT2D eigenvalue weighted by Crippen LogP contribution is -2.47. The average molecular weight is 642 g/mol. The van der Waals surface area contributed by atoms with Gasteiger partial charge in [0.15, 0.2) is 5.78 Å². The molecule has 0 aromatic heterocycles. The topological polar surface area (TPSA) is 148 Å². The standard InChI is InChI=1S/C14H28O7.C10H19N3O2.4C2H6/c1-16-5-6-18-9-10-20-13-14-21-12-11-19-8-7-17-4-2-3-15;1-6(11)10(15)13-5-8(12-3)4-9(13)7(2)14;4*1-2/h3H,2,4-14H2,1H3;6,8-9,12H,4-5,11H2,1-3H3;4*1-2H3. The first-order valence-electron chi connectivity index (χ1n) is 16.4. The van der Waals surface area contributed by atoms with Crippen LogP contribution in [0.5, 0.6) is 0 Å². The van der Waals surface area contributed by atoms with E-state index in [2.05, 4.69) is 5.32 Å². The van der Waals surface area contributed by atoms with Gasteiger partial charge in [-0.05, 0) is 27.3 Å². The number of likely N-dealkylation sites (tertiary alicyclic amines) is 1. The Balaban J connectivity index is -0.000000193. The number of carbonyl (C=O) groups is 3. The fourth-order valence-electron chi connectivity index (χ4n) is 3.19. The zero-order valence-electron chi connectivity index (χ0n) is 30.4. The monoisotopic (exact) mass is 642 g/mol. The Morgan fingerprint density at radius 2 is 1.14 bits per heavy atom. The van der Waals surface area contributed by atoms with Crippen molar-refractivity contribution in [3.05, 3.63) is 0 Å². The fraction of sp³-hybridized carbons (Fsp3) is 0.906. The number of hydrogen-bond donors (Lipinski definition) is 2. The average Bonchev–Trinajstić information content (AvgIpc) is 3.51. The van der Waals surface area contributed by atoms with Gasteiger partial charge in [0.05, 0.1) is 84.8 Å². The molecule has 3 atom stereocenters. The molecule has 1 fully saturated rings. The first-order chi connectivity index (χ1) is 21.4. The first-order valence-corrected chi connectivity index (χ1v) is 16.4. The number of aldehydes is 1. The van der Waals surface area contributed by atoms with Crippen LogP contribution in [0.2, 0.25) is 0 Å². The number of ketones is 1. The molecule has 1 aliphatic rings. The number of nitrogens with zero attached hydrogens (tertiary/aromatic N) is 1. The van der Waals surface area contributed by atoms with E-state index >= 15 is 0 Å². The van der Waals surface area contributed by atoms with Gasteiger partial charge in [-0.25, -0.2) is 0 Å². The summed E-state index contributed by atoms with van der Waals surface area (Å²) >= 11 is 0. The van der Waals surface area contributed by atoms with E-state index in [0.29, 0.717) is 92.1 Å². The van der Waals surface area contributed by atoms with Crippen molar-refractivity contribution in [3.8, 4) is 0 Å². The summed E-state index contributed by atoms with van der Waals surface area (Å²) in [6.45, 7) is 25.7. The van der Waals surface area contributed by atoms with Crippen molar-refractivity contribution in [1.29, 1.82) is 0 Å².